The number of ether oxygens (including phenoxy) is 1. The number of fused-ring (bicyclic) bond motifs is 11. The molecule has 0 N–H and O–H groups in total. The van der Waals surface area contributed by atoms with Crippen LogP contribution in [0.5, 0.6) is 0 Å². The van der Waals surface area contributed by atoms with E-state index in [1.807, 2.05) is 22.7 Å². The molecule has 4 aromatic carbocycles. The van der Waals surface area contributed by atoms with Crippen molar-refractivity contribution >= 4 is 69.0 Å². The lowest BCUT2D eigenvalue weighted by atomic mass is 9.71. The van der Waals surface area contributed by atoms with E-state index in [9.17, 15) is 4.79 Å². The Morgan fingerprint density at radius 1 is 0.659 bits per heavy atom. The van der Waals surface area contributed by atoms with Crippen LogP contribution in [0.25, 0.3) is 40.3 Å². The Morgan fingerprint density at radius 3 is 1.88 bits per heavy atom. The Morgan fingerprint density at radius 2 is 1.22 bits per heavy atom. The number of thiophene rings is 2. The van der Waals surface area contributed by atoms with Crippen LogP contribution in [0, 0.1) is 23.7 Å². The zero-order valence-electron chi connectivity index (χ0n) is 22.7. The molecule has 3 aliphatic rings. The molecule has 0 aliphatic heterocycles. The first-order chi connectivity index (χ1) is 20.2. The summed E-state index contributed by atoms with van der Waals surface area (Å²) in [4.78, 5) is 12.7. The monoisotopic (exact) mass is 570 g/mol. The molecule has 2 heterocycles. The maximum Gasteiger partial charge on any atom is 0.330 e. The molecule has 0 radical (unpaired) electrons. The van der Waals surface area contributed by atoms with Crippen molar-refractivity contribution < 1.29 is 9.53 Å². The van der Waals surface area contributed by atoms with Gasteiger partial charge >= 0.3 is 5.97 Å². The minimum atomic E-state index is -0.280. The number of hydrogen-bond acceptors (Lipinski definition) is 4. The van der Waals surface area contributed by atoms with Crippen LogP contribution in [0.2, 0.25) is 0 Å². The molecule has 41 heavy (non-hydrogen) atoms. The molecule has 9 rings (SSSR count). The van der Waals surface area contributed by atoms with Crippen molar-refractivity contribution in [2.24, 2.45) is 23.7 Å². The molecule has 2 aromatic heterocycles. The van der Waals surface area contributed by atoms with E-state index in [1.165, 1.54) is 70.4 Å². The van der Waals surface area contributed by atoms with Crippen LogP contribution in [0.1, 0.15) is 42.2 Å². The van der Waals surface area contributed by atoms with E-state index in [2.05, 4.69) is 91.5 Å². The third-order valence-electron chi connectivity index (χ3n) is 10.6. The summed E-state index contributed by atoms with van der Waals surface area (Å²) in [5.41, 5.74) is 2.91. The van der Waals surface area contributed by atoms with Gasteiger partial charge in [0.1, 0.15) is 6.10 Å². The molecule has 3 fully saturated rings. The van der Waals surface area contributed by atoms with Gasteiger partial charge in [0.15, 0.2) is 0 Å². The van der Waals surface area contributed by atoms with Crippen LogP contribution >= 0.6 is 22.7 Å². The summed E-state index contributed by atoms with van der Waals surface area (Å²) >= 11 is 3.85. The van der Waals surface area contributed by atoms with Gasteiger partial charge in [-0.3, -0.25) is 0 Å². The highest BCUT2D eigenvalue weighted by molar-refractivity contribution is 7.26. The van der Waals surface area contributed by atoms with E-state index in [-0.39, 0.29) is 18.0 Å². The number of hydrogen-bond donors (Lipinski definition) is 0. The average molecular weight is 571 g/mol. The van der Waals surface area contributed by atoms with Gasteiger partial charge < -0.3 is 4.74 Å². The normalized spacial score (nSPS) is 28.6. The second-order valence-electron chi connectivity index (χ2n) is 12.3. The quantitative estimate of drug-likeness (QED) is 0.156. The third-order valence-corrected chi connectivity index (χ3v) is 13.1. The Bertz CT molecular complexity index is 2010. The highest BCUT2D eigenvalue weighted by Gasteiger charge is 2.62. The predicted octanol–water partition coefficient (Wildman–Crippen LogP) is 10.1. The summed E-state index contributed by atoms with van der Waals surface area (Å²) < 4.78 is 11.8. The maximum atomic E-state index is 12.7. The summed E-state index contributed by atoms with van der Waals surface area (Å²) in [7, 11) is 0. The number of benzene rings is 4. The highest BCUT2D eigenvalue weighted by Crippen LogP contribution is 2.67. The molecule has 7 unspecified atom stereocenters. The topological polar surface area (TPSA) is 26.3 Å². The summed E-state index contributed by atoms with van der Waals surface area (Å²) in [6, 6.07) is 31.3. The lowest BCUT2D eigenvalue weighted by molar-refractivity contribution is -0.148. The van der Waals surface area contributed by atoms with Crippen LogP contribution in [0.4, 0.5) is 0 Å². The summed E-state index contributed by atoms with van der Waals surface area (Å²) in [6.45, 7) is 3.74. The second-order valence-corrected chi connectivity index (χ2v) is 14.4. The largest absolute Gasteiger partial charge is 0.458 e. The minimum absolute atomic E-state index is 0.0820. The van der Waals surface area contributed by atoms with Crippen LogP contribution in [0.15, 0.2) is 97.6 Å². The molecular formula is C37H30O2S2. The smallest absolute Gasteiger partial charge is 0.330 e. The second kappa shape index (κ2) is 9.01. The molecule has 6 aromatic rings. The first-order valence-corrected chi connectivity index (χ1v) is 16.5. The number of carbonyl (C=O) groups is 1. The Kier molecular flexibility index (Phi) is 5.31. The van der Waals surface area contributed by atoms with Gasteiger partial charge in [-0.15, -0.1) is 22.7 Å². The number of rotatable bonds is 4. The zero-order chi connectivity index (χ0) is 27.2. The van der Waals surface area contributed by atoms with Gasteiger partial charge in [-0.05, 0) is 72.1 Å². The van der Waals surface area contributed by atoms with Crippen molar-refractivity contribution in [3.05, 3.63) is 109 Å². The molecule has 7 atom stereocenters. The van der Waals surface area contributed by atoms with Crippen LogP contribution in [0.3, 0.4) is 0 Å². The van der Waals surface area contributed by atoms with Crippen molar-refractivity contribution in [1.82, 2.24) is 0 Å². The van der Waals surface area contributed by atoms with Gasteiger partial charge in [0, 0.05) is 52.3 Å². The van der Waals surface area contributed by atoms with E-state index in [0.29, 0.717) is 29.6 Å². The fraction of sp³-hybridized carbons (Fsp3) is 0.270. The summed E-state index contributed by atoms with van der Waals surface area (Å²) in [5, 5.41) is 5.43. The number of esters is 1. The minimum Gasteiger partial charge on any atom is -0.458 e. The summed E-state index contributed by atoms with van der Waals surface area (Å²) in [6.07, 6.45) is 4.86. The number of carbonyl (C=O) groups excluding carboxylic acids is 1. The Balaban J connectivity index is 1.13. The van der Waals surface area contributed by atoms with E-state index in [1.54, 1.807) is 0 Å². The SMILES string of the molecule is C=CC(=O)OC1C2CC(C3CC(c4cccc5c4sc4ccccc45)CC32)C1c1cccc2c1sc1ccccc12. The standard InChI is InChI=1S/C37H30O2S2/c1-2-33(38)39-35-30-19-29(34(35)26-14-8-13-25-23-10-4-6-16-32(23)41-37(25)26)27-17-20(18-28(27)30)21-11-7-12-24-22-9-3-5-15-31(22)40-36(21)24/h2-16,20,27-30,34-35H,1,17-19H2. The molecule has 202 valence electrons. The predicted molar refractivity (Wildman–Crippen MR) is 172 cm³/mol. The van der Waals surface area contributed by atoms with Gasteiger partial charge in [-0.2, -0.15) is 0 Å². The average Bonchev–Trinajstić information content (AvgIpc) is 3.81. The van der Waals surface area contributed by atoms with Crippen LogP contribution < -0.4 is 0 Å². The first-order valence-electron chi connectivity index (χ1n) is 14.8. The molecule has 2 nitrogen and oxygen atoms in total. The van der Waals surface area contributed by atoms with Gasteiger partial charge in [0.2, 0.25) is 0 Å². The lowest BCUT2D eigenvalue weighted by Gasteiger charge is -2.38. The molecule has 4 heteroatoms. The maximum absolute atomic E-state index is 12.7. The van der Waals surface area contributed by atoms with Crippen molar-refractivity contribution in [3.63, 3.8) is 0 Å². The molecule has 3 aliphatic carbocycles. The van der Waals surface area contributed by atoms with Gasteiger partial charge in [-0.1, -0.05) is 79.4 Å². The van der Waals surface area contributed by atoms with Crippen molar-refractivity contribution in [2.75, 3.05) is 0 Å². The van der Waals surface area contributed by atoms with Crippen LogP contribution in [-0.2, 0) is 9.53 Å². The van der Waals surface area contributed by atoms with Gasteiger partial charge in [0.25, 0.3) is 0 Å². The van der Waals surface area contributed by atoms with Gasteiger partial charge in [0.05, 0.1) is 0 Å². The Labute approximate surface area is 247 Å². The van der Waals surface area contributed by atoms with Gasteiger partial charge in [-0.25, -0.2) is 4.79 Å². The third kappa shape index (κ3) is 3.44. The van der Waals surface area contributed by atoms with E-state index in [4.69, 9.17) is 4.74 Å². The lowest BCUT2D eigenvalue weighted by Crippen LogP contribution is -2.38. The molecular weight excluding hydrogens is 541 g/mol. The van der Waals surface area contributed by atoms with Crippen molar-refractivity contribution in [2.45, 2.75) is 37.2 Å². The molecule has 0 spiro atoms. The molecule has 0 amide bonds. The fourth-order valence-corrected chi connectivity index (χ4v) is 11.7. The zero-order valence-corrected chi connectivity index (χ0v) is 24.3. The molecule has 3 saturated carbocycles. The molecule has 2 bridgehead atoms. The fourth-order valence-electron chi connectivity index (χ4n) is 9.18. The van der Waals surface area contributed by atoms with Crippen molar-refractivity contribution in [3.8, 4) is 0 Å². The van der Waals surface area contributed by atoms with Crippen LogP contribution in [-0.4, -0.2) is 12.1 Å². The van der Waals surface area contributed by atoms with E-state index in [0.717, 1.165) is 6.42 Å². The Hall–Kier alpha value is -3.47. The first kappa shape index (κ1) is 24.2. The molecule has 0 saturated heterocycles. The van der Waals surface area contributed by atoms with Crippen molar-refractivity contribution in [1.29, 1.82) is 0 Å². The highest BCUT2D eigenvalue weighted by atomic mass is 32.1. The van der Waals surface area contributed by atoms with E-state index >= 15 is 0 Å². The van der Waals surface area contributed by atoms with E-state index < -0.39 is 0 Å². The summed E-state index contributed by atoms with van der Waals surface area (Å²) in [5.74, 6) is 2.74.